The van der Waals surface area contributed by atoms with E-state index in [2.05, 4.69) is 19.2 Å². The first-order chi connectivity index (χ1) is 15.1. The van der Waals surface area contributed by atoms with Crippen LogP contribution in [0.4, 0.5) is 5.69 Å². The first kappa shape index (κ1) is 24.8. The zero-order valence-electron chi connectivity index (χ0n) is 19.3. The second-order valence-electron chi connectivity index (χ2n) is 8.82. The monoisotopic (exact) mass is 481 g/mol. The largest absolute Gasteiger partial charge is 0.266 e. The molecule has 0 amide bonds. The van der Waals surface area contributed by atoms with Crippen molar-refractivity contribution < 1.29 is 8.42 Å². The Labute approximate surface area is 197 Å². The molecule has 3 rings (SSSR count). The van der Waals surface area contributed by atoms with Crippen LogP contribution in [0.15, 0.2) is 27.8 Å². The van der Waals surface area contributed by atoms with Crippen LogP contribution in [-0.4, -0.2) is 14.5 Å². The molecule has 2 aromatic rings. The number of fused-ring (bicyclic) bond motifs is 3. The molecule has 1 aliphatic rings. The summed E-state index contributed by atoms with van der Waals surface area (Å²) in [6.45, 7) is 4.49. The van der Waals surface area contributed by atoms with Gasteiger partial charge in [0.15, 0.2) is 0 Å². The molecule has 0 unspecified atom stereocenters. The van der Waals surface area contributed by atoms with Crippen LogP contribution < -0.4 is 4.31 Å². The van der Waals surface area contributed by atoms with Crippen molar-refractivity contribution in [2.24, 2.45) is 0 Å². The first-order valence-corrected chi connectivity index (χ1v) is 15.5. The van der Waals surface area contributed by atoms with Crippen LogP contribution >= 0.6 is 22.7 Å². The Morgan fingerprint density at radius 1 is 0.742 bits per heavy atom. The molecular formula is C25H39NO2S3. The average molecular weight is 482 g/mol. The Balaban J connectivity index is 1.72. The fraction of sp³-hybridized carbons (Fsp3) is 0.680. The Morgan fingerprint density at radius 3 is 1.87 bits per heavy atom. The molecule has 0 atom stereocenters. The lowest BCUT2D eigenvalue weighted by Crippen LogP contribution is -2.42. The number of unbranched alkanes of at least 4 members (excludes halogenated alkanes) is 10. The molecule has 2 aromatic heterocycles. The third-order valence-electron chi connectivity index (χ3n) is 6.37. The quantitative estimate of drug-likeness (QED) is 0.238. The Morgan fingerprint density at radius 2 is 1.26 bits per heavy atom. The summed E-state index contributed by atoms with van der Waals surface area (Å²) in [5.41, 5.74) is 0.918. The second kappa shape index (κ2) is 12.4. The van der Waals surface area contributed by atoms with Gasteiger partial charge in [0.1, 0.15) is 4.90 Å². The van der Waals surface area contributed by atoms with Gasteiger partial charge in [0.25, 0.3) is 10.0 Å². The van der Waals surface area contributed by atoms with Crippen LogP contribution in [0.5, 0.6) is 0 Å². The summed E-state index contributed by atoms with van der Waals surface area (Å²) < 4.78 is 29.1. The predicted molar refractivity (Wildman–Crippen MR) is 137 cm³/mol. The molecule has 6 heteroatoms. The van der Waals surface area contributed by atoms with E-state index in [0.29, 0.717) is 4.90 Å². The minimum atomic E-state index is -3.47. The van der Waals surface area contributed by atoms with Crippen molar-refractivity contribution in [2.45, 2.75) is 115 Å². The van der Waals surface area contributed by atoms with Gasteiger partial charge in [-0.05, 0) is 35.7 Å². The predicted octanol–water partition coefficient (Wildman–Crippen LogP) is 8.86. The molecule has 0 bridgehead atoms. The lowest BCUT2D eigenvalue weighted by molar-refractivity contribution is 0.477. The molecule has 0 aromatic carbocycles. The fourth-order valence-electron chi connectivity index (χ4n) is 4.64. The van der Waals surface area contributed by atoms with Crippen molar-refractivity contribution in [2.75, 3.05) is 4.31 Å². The zero-order valence-corrected chi connectivity index (χ0v) is 21.7. The zero-order chi connectivity index (χ0) is 22.1. The van der Waals surface area contributed by atoms with Crippen LogP contribution in [0.3, 0.4) is 0 Å². The number of nitrogens with zero attached hydrogens (tertiary/aromatic N) is 1. The number of thiophene rings is 2. The van der Waals surface area contributed by atoms with Gasteiger partial charge in [0, 0.05) is 6.04 Å². The summed E-state index contributed by atoms with van der Waals surface area (Å²) in [7, 11) is -3.47. The summed E-state index contributed by atoms with van der Waals surface area (Å²) in [6, 6.07) is 3.90. The lowest BCUT2D eigenvalue weighted by atomic mass is 9.99. The van der Waals surface area contributed by atoms with E-state index in [1.54, 1.807) is 28.7 Å². The molecule has 3 nitrogen and oxygen atoms in total. The first-order valence-electron chi connectivity index (χ1n) is 12.3. The Hall–Kier alpha value is -0.850. The summed E-state index contributed by atoms with van der Waals surface area (Å²) in [5, 5.41) is 3.97. The Kier molecular flexibility index (Phi) is 9.92. The van der Waals surface area contributed by atoms with Gasteiger partial charge in [0.2, 0.25) is 0 Å². The SMILES string of the molecule is CCCCCCCCC(CCCCCCCC)N1c2ccsc2-c2sccc2S1(=O)=O. The molecule has 1 aliphatic heterocycles. The summed E-state index contributed by atoms with van der Waals surface area (Å²) in [5.74, 6) is 0. The molecule has 0 saturated carbocycles. The molecule has 31 heavy (non-hydrogen) atoms. The van der Waals surface area contributed by atoms with Gasteiger partial charge in [-0.1, -0.05) is 90.9 Å². The average Bonchev–Trinajstić information content (AvgIpc) is 3.42. The highest BCUT2D eigenvalue weighted by molar-refractivity contribution is 7.93. The number of hydrogen-bond donors (Lipinski definition) is 0. The summed E-state index contributed by atoms with van der Waals surface area (Å²) >= 11 is 3.23. The molecule has 3 heterocycles. The van der Waals surface area contributed by atoms with Gasteiger partial charge in [-0.15, -0.1) is 22.7 Å². The van der Waals surface area contributed by atoms with E-state index in [1.807, 2.05) is 15.8 Å². The highest BCUT2D eigenvalue weighted by atomic mass is 32.2. The van der Waals surface area contributed by atoms with Gasteiger partial charge in [-0.2, -0.15) is 0 Å². The second-order valence-corrected chi connectivity index (χ2v) is 12.4. The molecule has 0 spiro atoms. The van der Waals surface area contributed by atoms with Gasteiger partial charge in [0.05, 0.1) is 15.4 Å². The number of rotatable bonds is 15. The van der Waals surface area contributed by atoms with E-state index >= 15 is 0 Å². The van der Waals surface area contributed by atoms with Crippen LogP contribution in [0.25, 0.3) is 9.75 Å². The van der Waals surface area contributed by atoms with Gasteiger partial charge in [-0.25, -0.2) is 8.42 Å². The fourth-order valence-corrected chi connectivity index (χ4v) is 8.97. The van der Waals surface area contributed by atoms with Crippen molar-refractivity contribution in [3.63, 3.8) is 0 Å². The molecule has 0 saturated heterocycles. The minimum Gasteiger partial charge on any atom is -0.262 e. The topological polar surface area (TPSA) is 37.4 Å². The van der Waals surface area contributed by atoms with Crippen LogP contribution in [0.1, 0.15) is 104 Å². The van der Waals surface area contributed by atoms with E-state index in [-0.39, 0.29) is 6.04 Å². The van der Waals surface area contributed by atoms with Gasteiger partial charge < -0.3 is 0 Å². The molecule has 0 fully saturated rings. The lowest BCUT2D eigenvalue weighted by Gasteiger charge is -2.35. The maximum absolute atomic E-state index is 13.7. The third kappa shape index (κ3) is 6.14. The van der Waals surface area contributed by atoms with Crippen molar-refractivity contribution in [1.29, 1.82) is 0 Å². The van der Waals surface area contributed by atoms with Crippen LogP contribution in [0, 0.1) is 0 Å². The molecular weight excluding hydrogens is 442 g/mol. The van der Waals surface area contributed by atoms with Crippen LogP contribution in [-0.2, 0) is 10.0 Å². The number of sulfonamides is 1. The van der Waals surface area contributed by atoms with Crippen molar-refractivity contribution in [3.05, 3.63) is 22.9 Å². The third-order valence-corrected chi connectivity index (χ3v) is 10.4. The number of anilines is 1. The standard InChI is InChI=1S/C25H39NO2S3/c1-3-5-7-9-11-13-15-21(16-14-12-10-8-6-4-2)26-22-17-19-29-24(22)25-23(18-20-30-25)31(26,27)28/h17-21H,3-16H2,1-2H3. The molecule has 0 radical (unpaired) electrons. The number of hydrogen-bond acceptors (Lipinski definition) is 4. The van der Waals surface area contributed by atoms with Gasteiger partial charge in [-0.3, -0.25) is 4.31 Å². The summed E-state index contributed by atoms with van der Waals surface area (Å²) in [6.07, 6.45) is 16.9. The van der Waals surface area contributed by atoms with E-state index in [1.165, 1.54) is 64.2 Å². The summed E-state index contributed by atoms with van der Waals surface area (Å²) in [4.78, 5) is 2.58. The van der Waals surface area contributed by atoms with E-state index < -0.39 is 10.0 Å². The Bertz CT molecular complexity index is 868. The maximum atomic E-state index is 13.7. The minimum absolute atomic E-state index is 0.0729. The van der Waals surface area contributed by atoms with E-state index in [0.717, 1.165) is 41.1 Å². The van der Waals surface area contributed by atoms with Crippen LogP contribution in [0.2, 0.25) is 0 Å². The molecule has 0 aliphatic carbocycles. The molecule has 0 N–H and O–H groups in total. The van der Waals surface area contributed by atoms with Gasteiger partial charge >= 0.3 is 0 Å². The van der Waals surface area contributed by atoms with Crippen molar-refractivity contribution >= 4 is 38.4 Å². The normalized spacial score (nSPS) is 14.7. The van der Waals surface area contributed by atoms with E-state index in [9.17, 15) is 8.42 Å². The van der Waals surface area contributed by atoms with Crippen molar-refractivity contribution in [1.82, 2.24) is 0 Å². The van der Waals surface area contributed by atoms with Crippen molar-refractivity contribution in [3.8, 4) is 9.75 Å². The highest BCUT2D eigenvalue weighted by Crippen LogP contribution is 2.50. The van der Waals surface area contributed by atoms with E-state index in [4.69, 9.17) is 0 Å². The maximum Gasteiger partial charge on any atom is 0.266 e. The molecule has 174 valence electrons. The highest BCUT2D eigenvalue weighted by Gasteiger charge is 2.40. The smallest absolute Gasteiger partial charge is 0.262 e.